The molecule has 17 heavy (non-hydrogen) atoms. The third-order valence-electron chi connectivity index (χ3n) is 2.23. The summed E-state index contributed by atoms with van der Waals surface area (Å²) in [5.74, 6) is -0.765. The third kappa shape index (κ3) is 2.94. The van der Waals surface area contributed by atoms with E-state index in [4.69, 9.17) is 16.3 Å². The van der Waals surface area contributed by atoms with Crippen LogP contribution in [-0.4, -0.2) is 0 Å². The van der Waals surface area contributed by atoms with Crippen LogP contribution in [-0.2, 0) is 6.61 Å². The molecular formula is C13H9ClF2O. The summed E-state index contributed by atoms with van der Waals surface area (Å²) < 4.78 is 31.3. The second-order valence-corrected chi connectivity index (χ2v) is 3.86. The minimum atomic E-state index is -0.628. The average molecular weight is 255 g/mol. The normalized spacial score (nSPS) is 10.3. The number of hydrogen-bond acceptors (Lipinski definition) is 1. The number of rotatable bonds is 3. The van der Waals surface area contributed by atoms with Gasteiger partial charge >= 0.3 is 0 Å². The molecule has 0 heterocycles. The van der Waals surface area contributed by atoms with Crippen LogP contribution in [0.3, 0.4) is 0 Å². The van der Waals surface area contributed by atoms with Crippen molar-refractivity contribution in [2.75, 3.05) is 0 Å². The van der Waals surface area contributed by atoms with Gasteiger partial charge in [-0.25, -0.2) is 8.78 Å². The Kier molecular flexibility index (Phi) is 3.59. The number of para-hydroxylation sites is 1. The molecule has 0 aliphatic carbocycles. The molecular weight excluding hydrogens is 246 g/mol. The monoisotopic (exact) mass is 254 g/mol. The zero-order valence-corrected chi connectivity index (χ0v) is 9.55. The molecule has 1 nitrogen and oxygen atoms in total. The Hall–Kier alpha value is -1.61. The lowest BCUT2D eigenvalue weighted by Crippen LogP contribution is -1.99. The van der Waals surface area contributed by atoms with Crippen LogP contribution >= 0.6 is 11.6 Å². The number of ether oxygens (including phenoxy) is 1. The predicted molar refractivity (Wildman–Crippen MR) is 62.1 cm³/mol. The van der Waals surface area contributed by atoms with Crippen LogP contribution in [0.1, 0.15) is 5.56 Å². The first-order valence-electron chi connectivity index (χ1n) is 4.98. The summed E-state index contributed by atoms with van der Waals surface area (Å²) in [5, 5.41) is 0.454. The molecule has 0 radical (unpaired) electrons. The Morgan fingerprint density at radius 3 is 2.53 bits per heavy atom. The van der Waals surface area contributed by atoms with Gasteiger partial charge in [-0.15, -0.1) is 0 Å². The second kappa shape index (κ2) is 5.15. The molecule has 0 aliphatic heterocycles. The summed E-state index contributed by atoms with van der Waals surface area (Å²) in [7, 11) is 0. The molecule has 88 valence electrons. The molecule has 0 saturated carbocycles. The molecule has 0 unspecified atom stereocenters. The lowest BCUT2D eigenvalue weighted by Gasteiger charge is -2.08. The number of benzene rings is 2. The van der Waals surface area contributed by atoms with Gasteiger partial charge in [0.1, 0.15) is 24.0 Å². The van der Waals surface area contributed by atoms with Crippen molar-refractivity contribution in [3.8, 4) is 5.75 Å². The van der Waals surface area contributed by atoms with Crippen LogP contribution < -0.4 is 4.74 Å². The molecule has 0 amide bonds. The smallest absolute Gasteiger partial charge is 0.138 e. The van der Waals surface area contributed by atoms with E-state index in [1.54, 1.807) is 24.3 Å². The van der Waals surface area contributed by atoms with E-state index >= 15 is 0 Å². The van der Waals surface area contributed by atoms with Crippen LogP contribution in [0.5, 0.6) is 5.75 Å². The van der Waals surface area contributed by atoms with E-state index in [-0.39, 0.29) is 12.2 Å². The van der Waals surface area contributed by atoms with Crippen LogP contribution in [0.4, 0.5) is 8.78 Å². The van der Waals surface area contributed by atoms with Crippen molar-refractivity contribution >= 4 is 11.6 Å². The Bertz CT molecular complexity index is 529. The third-order valence-corrected chi connectivity index (χ3v) is 2.55. The molecule has 2 rings (SSSR count). The van der Waals surface area contributed by atoms with E-state index in [2.05, 4.69) is 0 Å². The van der Waals surface area contributed by atoms with E-state index in [1.165, 1.54) is 12.1 Å². The number of hydrogen-bond donors (Lipinski definition) is 0. The minimum absolute atomic E-state index is 0.00977. The van der Waals surface area contributed by atoms with Gasteiger partial charge in [0, 0.05) is 11.6 Å². The van der Waals surface area contributed by atoms with Gasteiger partial charge in [-0.05, 0) is 24.3 Å². The zero-order chi connectivity index (χ0) is 12.3. The highest BCUT2D eigenvalue weighted by molar-refractivity contribution is 6.32. The maximum Gasteiger partial charge on any atom is 0.138 e. The summed E-state index contributed by atoms with van der Waals surface area (Å²) in [5.41, 5.74) is 0.284. The highest BCUT2D eigenvalue weighted by Gasteiger charge is 2.06. The molecule has 4 heteroatoms. The SMILES string of the molecule is Fc1ccc(COc2ccccc2Cl)c(F)c1. The van der Waals surface area contributed by atoms with Crippen molar-refractivity contribution in [2.24, 2.45) is 0 Å². The first kappa shape index (κ1) is 11.9. The van der Waals surface area contributed by atoms with Gasteiger partial charge in [0.15, 0.2) is 0 Å². The van der Waals surface area contributed by atoms with Gasteiger partial charge in [0.05, 0.1) is 5.02 Å². The maximum atomic E-state index is 13.3. The fraction of sp³-hybridized carbons (Fsp3) is 0.0769. The van der Waals surface area contributed by atoms with Crippen molar-refractivity contribution in [3.63, 3.8) is 0 Å². The topological polar surface area (TPSA) is 9.23 Å². The molecule has 0 atom stereocenters. The lowest BCUT2D eigenvalue weighted by molar-refractivity contribution is 0.299. The van der Waals surface area contributed by atoms with E-state index in [1.807, 2.05) is 0 Å². The number of halogens is 3. The lowest BCUT2D eigenvalue weighted by atomic mass is 10.2. The van der Waals surface area contributed by atoms with E-state index in [0.717, 1.165) is 6.07 Å². The summed E-state index contributed by atoms with van der Waals surface area (Å²) in [6.45, 7) is 0.00977. The van der Waals surface area contributed by atoms with Gasteiger partial charge in [-0.2, -0.15) is 0 Å². The fourth-order valence-corrected chi connectivity index (χ4v) is 1.55. The molecule has 0 fully saturated rings. The van der Waals surface area contributed by atoms with E-state index < -0.39 is 11.6 Å². The highest BCUT2D eigenvalue weighted by Crippen LogP contribution is 2.24. The zero-order valence-electron chi connectivity index (χ0n) is 8.79. The quantitative estimate of drug-likeness (QED) is 0.798. The summed E-state index contributed by atoms with van der Waals surface area (Å²) in [6.07, 6.45) is 0. The van der Waals surface area contributed by atoms with Crippen LogP contribution in [0.25, 0.3) is 0 Å². The van der Waals surface area contributed by atoms with E-state index in [0.29, 0.717) is 10.8 Å². The Morgan fingerprint density at radius 1 is 1.06 bits per heavy atom. The first-order chi connectivity index (χ1) is 8.16. The second-order valence-electron chi connectivity index (χ2n) is 3.45. The first-order valence-corrected chi connectivity index (χ1v) is 5.36. The molecule has 2 aromatic carbocycles. The molecule has 0 spiro atoms. The van der Waals surface area contributed by atoms with Crippen molar-refractivity contribution in [1.29, 1.82) is 0 Å². The molecule has 2 aromatic rings. The summed E-state index contributed by atoms with van der Waals surface area (Å²) in [4.78, 5) is 0. The predicted octanol–water partition coefficient (Wildman–Crippen LogP) is 4.20. The van der Waals surface area contributed by atoms with Gasteiger partial charge in [0.2, 0.25) is 0 Å². The summed E-state index contributed by atoms with van der Waals surface area (Å²) in [6, 6.07) is 10.3. The largest absolute Gasteiger partial charge is 0.487 e. The van der Waals surface area contributed by atoms with Crippen LogP contribution in [0.15, 0.2) is 42.5 Å². The van der Waals surface area contributed by atoms with Crippen LogP contribution in [0.2, 0.25) is 5.02 Å². The Labute approximate surface area is 103 Å². The fourth-order valence-electron chi connectivity index (χ4n) is 1.36. The van der Waals surface area contributed by atoms with E-state index in [9.17, 15) is 8.78 Å². The minimum Gasteiger partial charge on any atom is -0.487 e. The van der Waals surface area contributed by atoms with Crippen molar-refractivity contribution < 1.29 is 13.5 Å². The van der Waals surface area contributed by atoms with Gasteiger partial charge < -0.3 is 4.74 Å². The molecule has 0 bridgehead atoms. The van der Waals surface area contributed by atoms with Gasteiger partial charge in [-0.3, -0.25) is 0 Å². The molecule has 0 aliphatic rings. The Morgan fingerprint density at radius 2 is 1.82 bits per heavy atom. The average Bonchev–Trinajstić information content (AvgIpc) is 2.30. The van der Waals surface area contributed by atoms with Crippen molar-refractivity contribution in [3.05, 3.63) is 64.7 Å². The molecule has 0 N–H and O–H groups in total. The van der Waals surface area contributed by atoms with Crippen LogP contribution in [0, 0.1) is 11.6 Å². The molecule has 0 aromatic heterocycles. The standard InChI is InChI=1S/C13H9ClF2O/c14-11-3-1-2-4-13(11)17-8-9-5-6-10(15)7-12(9)16/h1-7H,8H2. The molecule has 0 saturated heterocycles. The van der Waals surface area contributed by atoms with Crippen molar-refractivity contribution in [1.82, 2.24) is 0 Å². The van der Waals surface area contributed by atoms with Gasteiger partial charge in [-0.1, -0.05) is 23.7 Å². The highest BCUT2D eigenvalue weighted by atomic mass is 35.5. The summed E-state index contributed by atoms with van der Waals surface area (Å²) >= 11 is 5.88. The Balaban J connectivity index is 2.10. The van der Waals surface area contributed by atoms with Gasteiger partial charge in [0.25, 0.3) is 0 Å². The maximum absolute atomic E-state index is 13.3. The van der Waals surface area contributed by atoms with Crippen molar-refractivity contribution in [2.45, 2.75) is 6.61 Å².